The van der Waals surface area contributed by atoms with E-state index in [-0.39, 0.29) is 17.2 Å². The predicted molar refractivity (Wildman–Crippen MR) is 118 cm³/mol. The SMILES string of the molecule is Cc1c(C(=O)O)cccc1-n1c(C)cc(/C=C2\C(=O)NC(=O)N(C3CCCC3)C2=O)c1C. The van der Waals surface area contributed by atoms with Crippen LogP contribution in [0.5, 0.6) is 0 Å². The average Bonchev–Trinajstić information content (AvgIpc) is 3.34. The van der Waals surface area contributed by atoms with Crippen molar-refractivity contribution in [3.63, 3.8) is 0 Å². The van der Waals surface area contributed by atoms with Crippen molar-refractivity contribution < 1.29 is 24.3 Å². The summed E-state index contributed by atoms with van der Waals surface area (Å²) in [5, 5.41) is 11.8. The molecule has 2 heterocycles. The normalized spacial score (nSPS) is 18.5. The number of benzene rings is 1. The molecule has 2 N–H and O–H groups in total. The fraction of sp³-hybridized carbons (Fsp3) is 0.333. The van der Waals surface area contributed by atoms with Crippen molar-refractivity contribution in [2.75, 3.05) is 0 Å². The van der Waals surface area contributed by atoms with Gasteiger partial charge in [0.25, 0.3) is 11.8 Å². The molecule has 0 unspecified atom stereocenters. The van der Waals surface area contributed by atoms with Gasteiger partial charge in [0.05, 0.1) is 5.56 Å². The predicted octanol–water partition coefficient (Wildman–Crippen LogP) is 3.51. The van der Waals surface area contributed by atoms with E-state index in [4.69, 9.17) is 0 Å². The molecule has 1 aromatic carbocycles. The zero-order valence-corrected chi connectivity index (χ0v) is 18.3. The zero-order valence-electron chi connectivity index (χ0n) is 18.3. The number of nitrogens with one attached hydrogen (secondary N) is 1. The summed E-state index contributed by atoms with van der Waals surface area (Å²) in [6, 6.07) is 6.07. The Morgan fingerprint density at radius 1 is 1.12 bits per heavy atom. The lowest BCUT2D eigenvalue weighted by molar-refractivity contribution is -0.131. The first kappa shape index (κ1) is 21.5. The third-order valence-electron chi connectivity index (χ3n) is 6.37. The Morgan fingerprint density at radius 3 is 2.47 bits per heavy atom. The second-order valence-corrected chi connectivity index (χ2v) is 8.35. The second-order valence-electron chi connectivity index (χ2n) is 8.35. The fourth-order valence-corrected chi connectivity index (χ4v) is 4.72. The van der Waals surface area contributed by atoms with Gasteiger partial charge in [0.2, 0.25) is 0 Å². The molecule has 1 aromatic heterocycles. The largest absolute Gasteiger partial charge is 0.478 e. The summed E-state index contributed by atoms with van der Waals surface area (Å²) in [6.07, 6.45) is 4.90. The molecule has 4 amide bonds. The van der Waals surface area contributed by atoms with Gasteiger partial charge in [-0.1, -0.05) is 18.9 Å². The van der Waals surface area contributed by atoms with Crippen molar-refractivity contribution in [3.8, 4) is 5.69 Å². The number of aryl methyl sites for hydroxylation is 1. The molecule has 8 nitrogen and oxygen atoms in total. The van der Waals surface area contributed by atoms with Gasteiger partial charge in [-0.2, -0.15) is 0 Å². The van der Waals surface area contributed by atoms with Crippen LogP contribution in [0, 0.1) is 20.8 Å². The van der Waals surface area contributed by atoms with Crippen molar-refractivity contribution >= 4 is 29.9 Å². The molecule has 1 aliphatic carbocycles. The van der Waals surface area contributed by atoms with E-state index in [0.29, 0.717) is 16.8 Å². The molecule has 2 fully saturated rings. The van der Waals surface area contributed by atoms with E-state index in [2.05, 4.69) is 5.32 Å². The van der Waals surface area contributed by atoms with E-state index in [0.717, 1.165) is 37.1 Å². The third-order valence-corrected chi connectivity index (χ3v) is 6.37. The highest BCUT2D eigenvalue weighted by Crippen LogP contribution is 2.29. The number of carboxylic acids is 1. The van der Waals surface area contributed by atoms with Gasteiger partial charge >= 0.3 is 12.0 Å². The highest BCUT2D eigenvalue weighted by molar-refractivity contribution is 6.31. The first-order valence-electron chi connectivity index (χ1n) is 10.6. The molecule has 0 atom stereocenters. The summed E-state index contributed by atoms with van der Waals surface area (Å²) in [6.45, 7) is 5.47. The number of barbiturate groups is 1. The molecule has 166 valence electrons. The molecular weight excluding hydrogens is 410 g/mol. The molecule has 0 bridgehead atoms. The summed E-state index contributed by atoms with van der Waals surface area (Å²) in [5.74, 6) is -2.28. The van der Waals surface area contributed by atoms with E-state index in [9.17, 15) is 24.3 Å². The van der Waals surface area contributed by atoms with Crippen molar-refractivity contribution in [2.24, 2.45) is 0 Å². The number of amides is 4. The van der Waals surface area contributed by atoms with Gasteiger partial charge in [0.1, 0.15) is 5.57 Å². The van der Waals surface area contributed by atoms with Gasteiger partial charge < -0.3 is 9.67 Å². The van der Waals surface area contributed by atoms with Crippen LogP contribution in [0.15, 0.2) is 29.8 Å². The van der Waals surface area contributed by atoms with Crippen LogP contribution in [0.3, 0.4) is 0 Å². The molecule has 8 heteroatoms. The maximum absolute atomic E-state index is 13.1. The summed E-state index contributed by atoms with van der Waals surface area (Å²) < 4.78 is 1.90. The number of hydrogen-bond acceptors (Lipinski definition) is 4. The first-order chi connectivity index (χ1) is 15.2. The van der Waals surface area contributed by atoms with Crippen LogP contribution in [0.4, 0.5) is 4.79 Å². The standard InChI is InChI=1S/C24H25N3O5/c1-13-11-16(15(3)26(13)20-10-6-9-18(14(20)2)23(30)31)12-19-21(28)25-24(32)27(22(19)29)17-7-4-5-8-17/h6,9-12,17H,4-5,7-8H2,1-3H3,(H,30,31)(H,25,28,32)/b19-12+. The molecule has 1 saturated heterocycles. The lowest BCUT2D eigenvalue weighted by atomic mass is 10.1. The van der Waals surface area contributed by atoms with Crippen LogP contribution in [-0.4, -0.2) is 44.4 Å². The summed E-state index contributed by atoms with van der Waals surface area (Å²) in [5.41, 5.74) is 3.70. The number of hydrogen-bond donors (Lipinski definition) is 2. The number of imide groups is 2. The molecule has 1 saturated carbocycles. The summed E-state index contributed by atoms with van der Waals surface area (Å²) in [4.78, 5) is 50.7. The van der Waals surface area contributed by atoms with Gasteiger partial charge in [-0.3, -0.25) is 19.8 Å². The van der Waals surface area contributed by atoms with Gasteiger partial charge in [0, 0.05) is 23.1 Å². The minimum atomic E-state index is -1.00. The highest BCUT2D eigenvalue weighted by atomic mass is 16.4. The number of urea groups is 1. The smallest absolute Gasteiger partial charge is 0.336 e. The number of aromatic nitrogens is 1. The quantitative estimate of drug-likeness (QED) is 0.564. The first-order valence-corrected chi connectivity index (χ1v) is 10.6. The maximum atomic E-state index is 13.1. The average molecular weight is 435 g/mol. The minimum absolute atomic E-state index is 0.0761. The molecule has 0 radical (unpaired) electrons. The number of carbonyl (C=O) groups excluding carboxylic acids is 3. The third kappa shape index (κ3) is 3.51. The van der Waals surface area contributed by atoms with E-state index in [1.807, 2.05) is 30.5 Å². The monoisotopic (exact) mass is 435 g/mol. The van der Waals surface area contributed by atoms with Gasteiger partial charge in [-0.25, -0.2) is 9.59 Å². The summed E-state index contributed by atoms with van der Waals surface area (Å²) in [7, 11) is 0. The number of rotatable bonds is 4. The molecule has 1 aliphatic heterocycles. The van der Waals surface area contributed by atoms with Gasteiger partial charge in [-0.15, -0.1) is 0 Å². The Kier molecular flexibility index (Phi) is 5.46. The molecule has 2 aliphatic rings. The van der Waals surface area contributed by atoms with Crippen LogP contribution >= 0.6 is 0 Å². The Balaban J connectivity index is 1.76. The van der Waals surface area contributed by atoms with Crippen LogP contribution in [0.2, 0.25) is 0 Å². The van der Waals surface area contributed by atoms with Crippen molar-refractivity contribution in [1.29, 1.82) is 0 Å². The molecule has 2 aromatic rings. The van der Waals surface area contributed by atoms with E-state index >= 15 is 0 Å². The van der Waals surface area contributed by atoms with Crippen LogP contribution < -0.4 is 5.32 Å². The minimum Gasteiger partial charge on any atom is -0.478 e. The van der Waals surface area contributed by atoms with E-state index < -0.39 is 23.8 Å². The van der Waals surface area contributed by atoms with Crippen LogP contribution in [-0.2, 0) is 9.59 Å². The van der Waals surface area contributed by atoms with Crippen molar-refractivity contribution in [3.05, 3.63) is 57.9 Å². The molecule has 0 spiro atoms. The molecule has 32 heavy (non-hydrogen) atoms. The number of aromatic carboxylic acids is 1. The maximum Gasteiger partial charge on any atom is 0.336 e. The van der Waals surface area contributed by atoms with Crippen molar-refractivity contribution in [2.45, 2.75) is 52.5 Å². The van der Waals surface area contributed by atoms with Gasteiger partial charge in [-0.05, 0) is 69.0 Å². The Hall–Kier alpha value is -3.68. The lowest BCUT2D eigenvalue weighted by Gasteiger charge is -2.31. The topological polar surface area (TPSA) is 109 Å². The highest BCUT2D eigenvalue weighted by Gasteiger charge is 2.40. The molecule has 4 rings (SSSR count). The van der Waals surface area contributed by atoms with Gasteiger partial charge in [0.15, 0.2) is 0 Å². The number of nitrogens with zero attached hydrogens (tertiary/aromatic N) is 2. The lowest BCUT2D eigenvalue weighted by Crippen LogP contribution is -2.57. The summed E-state index contributed by atoms with van der Waals surface area (Å²) >= 11 is 0. The number of carbonyl (C=O) groups is 4. The number of carboxylic acid groups (broad SMARTS) is 1. The molecular formula is C24H25N3O5. The van der Waals surface area contributed by atoms with Crippen LogP contribution in [0.25, 0.3) is 11.8 Å². The Morgan fingerprint density at radius 2 is 1.81 bits per heavy atom. The zero-order chi connectivity index (χ0) is 23.2. The Labute approximate surface area is 185 Å². The Bertz CT molecular complexity index is 1180. The van der Waals surface area contributed by atoms with Crippen LogP contribution in [0.1, 0.15) is 58.6 Å². The van der Waals surface area contributed by atoms with Crippen molar-refractivity contribution in [1.82, 2.24) is 14.8 Å². The second kappa shape index (κ2) is 8.11. The van der Waals surface area contributed by atoms with E-state index in [1.165, 1.54) is 11.0 Å². The fourth-order valence-electron chi connectivity index (χ4n) is 4.72. The van der Waals surface area contributed by atoms with E-state index in [1.54, 1.807) is 19.1 Å².